The Kier molecular flexibility index (Phi) is 2.90. The molecule has 3 unspecified atom stereocenters. The number of allylic oxidation sites excluding steroid dienone is 7. The average Bonchev–Trinajstić information content (AvgIpc) is 3.26. The first-order valence-corrected chi connectivity index (χ1v) is 9.63. The maximum absolute atomic E-state index is 13.6. The van der Waals surface area contributed by atoms with Crippen molar-refractivity contribution in [2.45, 2.75) is 64.6 Å². The molecule has 26 heavy (non-hydrogen) atoms. The zero-order valence-electron chi connectivity index (χ0n) is 15.5. The molecule has 0 bridgehead atoms. The fraction of sp³-hybridized carbons (Fsp3) is 0.545. The molecular formula is C22H24F3N. The molecule has 5 aliphatic rings. The normalized spacial score (nSPS) is 39.8. The molecule has 1 fully saturated rings. The van der Waals surface area contributed by atoms with Crippen LogP contribution in [0.4, 0.5) is 13.2 Å². The van der Waals surface area contributed by atoms with Gasteiger partial charge in [0.1, 0.15) is 0 Å². The molecule has 4 heteroatoms. The van der Waals surface area contributed by atoms with Gasteiger partial charge in [0.15, 0.2) is 0 Å². The third-order valence-corrected chi connectivity index (χ3v) is 7.96. The second-order valence-electron chi connectivity index (χ2n) is 8.74. The highest BCUT2D eigenvalue weighted by Crippen LogP contribution is 2.83. The number of nitrogens with zero attached hydrogens (tertiary/aromatic N) is 1. The summed E-state index contributed by atoms with van der Waals surface area (Å²) in [5, 5.41) is 0. The summed E-state index contributed by atoms with van der Waals surface area (Å²) in [5.41, 5.74) is 3.80. The van der Waals surface area contributed by atoms with Crippen LogP contribution in [-0.2, 0) is 0 Å². The summed E-state index contributed by atoms with van der Waals surface area (Å²) < 4.78 is 40.8. The van der Waals surface area contributed by atoms with E-state index >= 15 is 0 Å². The maximum atomic E-state index is 13.6. The first kappa shape index (κ1) is 16.5. The van der Waals surface area contributed by atoms with Gasteiger partial charge >= 0.3 is 6.18 Å². The van der Waals surface area contributed by atoms with Crippen LogP contribution in [-0.4, -0.2) is 16.6 Å². The lowest BCUT2D eigenvalue weighted by Gasteiger charge is -2.48. The summed E-state index contributed by atoms with van der Waals surface area (Å²) in [6.45, 7) is 6.74. The Balaban J connectivity index is 1.82. The van der Waals surface area contributed by atoms with Crippen LogP contribution in [0.1, 0.15) is 52.9 Å². The van der Waals surface area contributed by atoms with Crippen molar-refractivity contribution in [1.82, 2.24) is 4.90 Å². The Morgan fingerprint density at radius 2 is 1.92 bits per heavy atom. The van der Waals surface area contributed by atoms with E-state index in [2.05, 4.69) is 31.9 Å². The predicted octanol–water partition coefficient (Wildman–Crippen LogP) is 6.19. The predicted molar refractivity (Wildman–Crippen MR) is 96.0 cm³/mol. The van der Waals surface area contributed by atoms with Crippen molar-refractivity contribution in [2.24, 2.45) is 10.8 Å². The lowest BCUT2D eigenvalue weighted by atomic mass is 9.65. The van der Waals surface area contributed by atoms with Gasteiger partial charge in [-0.3, -0.25) is 0 Å². The van der Waals surface area contributed by atoms with Crippen molar-refractivity contribution in [2.75, 3.05) is 0 Å². The first-order valence-electron chi connectivity index (χ1n) is 9.63. The quantitative estimate of drug-likeness (QED) is 0.568. The van der Waals surface area contributed by atoms with E-state index in [4.69, 9.17) is 0 Å². The largest absolute Gasteiger partial charge is 0.413 e. The summed E-state index contributed by atoms with van der Waals surface area (Å²) in [7, 11) is 0. The van der Waals surface area contributed by atoms with Crippen molar-refractivity contribution >= 4 is 0 Å². The Bertz CT molecular complexity index is 868. The Labute approximate surface area is 152 Å². The van der Waals surface area contributed by atoms with Crippen LogP contribution in [0.15, 0.2) is 58.5 Å². The van der Waals surface area contributed by atoms with Crippen LogP contribution in [0.2, 0.25) is 0 Å². The molecular weight excluding hydrogens is 335 g/mol. The zero-order valence-corrected chi connectivity index (χ0v) is 15.5. The molecule has 2 aliphatic heterocycles. The Morgan fingerprint density at radius 1 is 1.15 bits per heavy atom. The van der Waals surface area contributed by atoms with Gasteiger partial charge in [-0.1, -0.05) is 32.9 Å². The SMILES string of the molecule is CCC1(C)CC2=C3C(=C4C=CC=CN4C4(CC)CC314)CC(C(F)(F)F)=C2. The molecule has 138 valence electrons. The molecule has 0 N–H and O–H groups in total. The van der Waals surface area contributed by atoms with Gasteiger partial charge in [-0.2, -0.15) is 13.2 Å². The lowest BCUT2D eigenvalue weighted by molar-refractivity contribution is -0.0934. The van der Waals surface area contributed by atoms with Gasteiger partial charge in [0, 0.05) is 29.3 Å². The number of hydrogen-bond acceptors (Lipinski definition) is 1. The smallest absolute Gasteiger partial charge is 0.341 e. The summed E-state index contributed by atoms with van der Waals surface area (Å²) >= 11 is 0. The van der Waals surface area contributed by atoms with E-state index in [1.54, 1.807) is 0 Å². The molecule has 3 atom stereocenters. The summed E-state index contributed by atoms with van der Waals surface area (Å²) in [5.74, 6) is 0. The first-order chi connectivity index (χ1) is 12.2. The second-order valence-corrected chi connectivity index (χ2v) is 8.74. The molecule has 0 aromatic rings. The summed E-state index contributed by atoms with van der Waals surface area (Å²) in [6.07, 6.45) is 9.15. The molecule has 1 nitrogen and oxygen atoms in total. The molecule has 0 radical (unpaired) electrons. The van der Waals surface area contributed by atoms with Crippen LogP contribution in [0.5, 0.6) is 0 Å². The van der Waals surface area contributed by atoms with Crippen LogP contribution in [0.3, 0.4) is 0 Å². The van der Waals surface area contributed by atoms with Crippen LogP contribution >= 0.6 is 0 Å². The standard InChI is InChI=1S/C22H24F3N/c1-4-19(3)12-14-10-15(22(23,24)25)11-16-17-8-6-7-9-26(17)20(5-2)13-21(19,20)18(14)16/h6-10H,4-5,11-13H2,1-3H3. The van der Waals surface area contributed by atoms with Gasteiger partial charge in [-0.15, -0.1) is 0 Å². The minimum atomic E-state index is -4.26. The van der Waals surface area contributed by atoms with Gasteiger partial charge in [0.05, 0.1) is 5.54 Å². The van der Waals surface area contributed by atoms with E-state index in [0.717, 1.165) is 42.5 Å². The van der Waals surface area contributed by atoms with Crippen molar-refractivity contribution < 1.29 is 13.2 Å². The molecule has 2 heterocycles. The number of hydrogen-bond donors (Lipinski definition) is 0. The van der Waals surface area contributed by atoms with E-state index in [0.29, 0.717) is 0 Å². The third kappa shape index (κ3) is 1.57. The minimum Gasteiger partial charge on any atom is -0.341 e. The van der Waals surface area contributed by atoms with Crippen LogP contribution in [0.25, 0.3) is 0 Å². The highest BCUT2D eigenvalue weighted by molar-refractivity contribution is 5.68. The number of fused-ring (bicyclic) bond motifs is 2. The van der Waals surface area contributed by atoms with Gasteiger partial charge in [0.25, 0.3) is 0 Å². The second kappa shape index (κ2) is 4.58. The highest BCUT2D eigenvalue weighted by atomic mass is 19.4. The topological polar surface area (TPSA) is 3.24 Å². The third-order valence-electron chi connectivity index (χ3n) is 7.96. The molecule has 0 saturated heterocycles. The molecule has 0 aromatic heterocycles. The molecule has 3 aliphatic carbocycles. The number of rotatable bonds is 2. The molecule has 5 rings (SSSR count). The van der Waals surface area contributed by atoms with Crippen molar-refractivity contribution in [1.29, 1.82) is 0 Å². The van der Waals surface area contributed by atoms with E-state index < -0.39 is 6.18 Å². The number of alkyl halides is 3. The van der Waals surface area contributed by atoms with Gasteiger partial charge in [0.2, 0.25) is 0 Å². The summed E-state index contributed by atoms with van der Waals surface area (Å²) in [6, 6.07) is 0. The highest BCUT2D eigenvalue weighted by Gasteiger charge is 2.81. The lowest BCUT2D eigenvalue weighted by Crippen LogP contribution is -2.47. The minimum absolute atomic E-state index is 0.000809. The van der Waals surface area contributed by atoms with Crippen molar-refractivity contribution in [3.8, 4) is 0 Å². The van der Waals surface area contributed by atoms with Crippen molar-refractivity contribution in [3.63, 3.8) is 0 Å². The van der Waals surface area contributed by atoms with Crippen LogP contribution in [0, 0.1) is 10.8 Å². The molecule has 1 saturated carbocycles. The Morgan fingerprint density at radius 3 is 2.58 bits per heavy atom. The zero-order chi connectivity index (χ0) is 18.5. The molecule has 0 amide bonds. The van der Waals surface area contributed by atoms with Gasteiger partial charge < -0.3 is 4.90 Å². The van der Waals surface area contributed by atoms with Gasteiger partial charge in [-0.25, -0.2) is 0 Å². The fourth-order valence-electron chi connectivity index (χ4n) is 6.62. The van der Waals surface area contributed by atoms with E-state index in [-0.39, 0.29) is 28.4 Å². The average molecular weight is 359 g/mol. The van der Waals surface area contributed by atoms with E-state index in [1.165, 1.54) is 11.6 Å². The van der Waals surface area contributed by atoms with Crippen LogP contribution < -0.4 is 0 Å². The fourth-order valence-corrected chi connectivity index (χ4v) is 6.62. The van der Waals surface area contributed by atoms with Gasteiger partial charge in [-0.05, 0) is 60.0 Å². The van der Waals surface area contributed by atoms with E-state index in [9.17, 15) is 13.2 Å². The Hall–Kier alpha value is -1.71. The van der Waals surface area contributed by atoms with Crippen molar-refractivity contribution in [3.05, 3.63) is 58.5 Å². The molecule has 1 spiro atoms. The monoisotopic (exact) mass is 359 g/mol. The number of halogens is 3. The summed E-state index contributed by atoms with van der Waals surface area (Å²) in [4.78, 5) is 2.32. The molecule has 0 aromatic carbocycles. The van der Waals surface area contributed by atoms with E-state index in [1.807, 2.05) is 18.2 Å². The maximum Gasteiger partial charge on any atom is 0.413 e.